The van der Waals surface area contributed by atoms with Gasteiger partial charge in [-0.25, -0.2) is 13.8 Å². The van der Waals surface area contributed by atoms with Gasteiger partial charge in [-0.15, -0.1) is 0 Å². The van der Waals surface area contributed by atoms with E-state index in [1.807, 2.05) is 0 Å². The molecule has 0 spiro atoms. The van der Waals surface area contributed by atoms with Crippen molar-refractivity contribution >= 4 is 38.5 Å². The summed E-state index contributed by atoms with van der Waals surface area (Å²) in [6.45, 7) is 0. The number of nitriles is 1. The quantitative estimate of drug-likeness (QED) is 0.570. The molecule has 0 aromatic carbocycles. The van der Waals surface area contributed by atoms with E-state index in [9.17, 15) is 8.78 Å². The minimum absolute atomic E-state index is 0.0567. The van der Waals surface area contributed by atoms with Gasteiger partial charge in [0.2, 0.25) is 0 Å². The maximum absolute atomic E-state index is 12.4. The van der Waals surface area contributed by atoms with E-state index in [1.54, 1.807) is 28.7 Å². The molecule has 13 heavy (non-hydrogen) atoms. The molecule has 2 nitrogen and oxygen atoms in total. The van der Waals surface area contributed by atoms with E-state index in [1.165, 1.54) is 0 Å². The Hall–Kier alpha value is -0.290. The highest BCUT2D eigenvalue weighted by Gasteiger charge is 2.17. The van der Waals surface area contributed by atoms with Crippen LogP contribution in [-0.2, 0) is 0 Å². The van der Waals surface area contributed by atoms with Crippen LogP contribution in [0.2, 0.25) is 0 Å². The summed E-state index contributed by atoms with van der Waals surface area (Å²) in [5, 5.41) is 8.60. The minimum Gasteiger partial charge on any atom is -0.234 e. The zero-order chi connectivity index (χ0) is 10.0. The van der Waals surface area contributed by atoms with Crippen LogP contribution in [0, 0.1) is 15.0 Å². The zero-order valence-electron chi connectivity index (χ0n) is 6.06. The third kappa shape index (κ3) is 2.34. The lowest BCUT2D eigenvalue weighted by Gasteiger charge is -2.04. The van der Waals surface area contributed by atoms with Gasteiger partial charge in [-0.2, -0.15) is 5.26 Å². The van der Waals surface area contributed by atoms with Gasteiger partial charge in [-0.3, -0.25) is 0 Å². The van der Waals surface area contributed by atoms with Crippen LogP contribution >= 0.6 is 38.5 Å². The standard InChI is InChI=1S/C7H2BrF2IN2/c8-5-1-3(6(9)10)4(2-12)7(11)13-5/h1,6H. The molecule has 0 unspecified atom stereocenters. The molecule has 1 rings (SSSR count). The lowest BCUT2D eigenvalue weighted by Crippen LogP contribution is -1.97. The Balaban J connectivity index is 3.41. The summed E-state index contributed by atoms with van der Waals surface area (Å²) in [6.07, 6.45) is -2.65. The molecule has 68 valence electrons. The fraction of sp³-hybridized carbons (Fsp3) is 0.143. The van der Waals surface area contributed by atoms with Crippen molar-refractivity contribution in [2.75, 3.05) is 0 Å². The van der Waals surface area contributed by atoms with Crippen LogP contribution in [0.15, 0.2) is 10.7 Å². The summed E-state index contributed by atoms with van der Waals surface area (Å²) < 4.78 is 25.3. The molecule has 1 heterocycles. The molecule has 0 N–H and O–H groups in total. The molecule has 1 aromatic heterocycles. The molecular formula is C7H2BrF2IN2. The second-order valence-corrected chi connectivity index (χ2v) is 3.95. The fourth-order valence-corrected chi connectivity index (χ4v) is 2.23. The Bertz CT molecular complexity index is 375. The summed E-state index contributed by atoms with van der Waals surface area (Å²) in [5.74, 6) is 0. The van der Waals surface area contributed by atoms with Crippen LogP contribution in [0.25, 0.3) is 0 Å². The van der Waals surface area contributed by atoms with E-state index < -0.39 is 6.43 Å². The molecular weight excluding hydrogens is 357 g/mol. The van der Waals surface area contributed by atoms with Crippen LogP contribution in [0.5, 0.6) is 0 Å². The lowest BCUT2D eigenvalue weighted by molar-refractivity contribution is 0.150. The topological polar surface area (TPSA) is 36.7 Å². The Labute approximate surface area is 95.2 Å². The van der Waals surface area contributed by atoms with E-state index >= 15 is 0 Å². The summed E-state index contributed by atoms with van der Waals surface area (Å²) in [5.41, 5.74) is -0.340. The first kappa shape index (κ1) is 10.8. The maximum Gasteiger partial charge on any atom is 0.265 e. The van der Waals surface area contributed by atoms with Crippen molar-refractivity contribution in [3.05, 3.63) is 25.5 Å². The van der Waals surface area contributed by atoms with Crippen molar-refractivity contribution in [3.63, 3.8) is 0 Å². The van der Waals surface area contributed by atoms with Gasteiger partial charge in [0.05, 0.1) is 5.56 Å². The van der Waals surface area contributed by atoms with E-state index in [-0.39, 0.29) is 14.8 Å². The van der Waals surface area contributed by atoms with Crippen molar-refractivity contribution in [1.82, 2.24) is 4.98 Å². The van der Waals surface area contributed by atoms with Gasteiger partial charge in [-0.05, 0) is 44.6 Å². The number of aromatic nitrogens is 1. The lowest BCUT2D eigenvalue weighted by atomic mass is 10.2. The van der Waals surface area contributed by atoms with E-state index in [2.05, 4.69) is 20.9 Å². The summed E-state index contributed by atoms with van der Waals surface area (Å²) in [7, 11) is 0. The molecule has 0 radical (unpaired) electrons. The van der Waals surface area contributed by atoms with Crippen molar-refractivity contribution in [2.45, 2.75) is 6.43 Å². The highest BCUT2D eigenvalue weighted by atomic mass is 127. The second kappa shape index (κ2) is 4.28. The second-order valence-electron chi connectivity index (χ2n) is 2.11. The highest BCUT2D eigenvalue weighted by molar-refractivity contribution is 14.1. The van der Waals surface area contributed by atoms with E-state index in [0.29, 0.717) is 4.60 Å². The number of halogens is 4. The molecule has 0 aliphatic carbocycles. The van der Waals surface area contributed by atoms with Crippen LogP contribution in [-0.4, -0.2) is 4.98 Å². The molecule has 0 saturated heterocycles. The molecule has 0 bridgehead atoms. The van der Waals surface area contributed by atoms with E-state index in [0.717, 1.165) is 6.07 Å². The molecule has 0 fully saturated rings. The third-order valence-electron chi connectivity index (χ3n) is 1.32. The normalized spacial score (nSPS) is 10.2. The fourth-order valence-electron chi connectivity index (χ4n) is 0.784. The summed E-state index contributed by atoms with van der Waals surface area (Å²) in [4.78, 5) is 3.83. The Morgan fingerprint density at radius 1 is 1.62 bits per heavy atom. The first-order valence-electron chi connectivity index (χ1n) is 3.10. The third-order valence-corrected chi connectivity index (χ3v) is 2.51. The number of alkyl halides is 2. The monoisotopic (exact) mass is 358 g/mol. The minimum atomic E-state index is -2.65. The van der Waals surface area contributed by atoms with Gasteiger partial charge in [0.25, 0.3) is 6.43 Å². The Morgan fingerprint density at radius 3 is 2.69 bits per heavy atom. The smallest absolute Gasteiger partial charge is 0.234 e. The summed E-state index contributed by atoms with van der Waals surface area (Å²) in [6, 6.07) is 2.86. The highest BCUT2D eigenvalue weighted by Crippen LogP contribution is 2.27. The van der Waals surface area contributed by atoms with Gasteiger partial charge in [0.1, 0.15) is 14.4 Å². The molecule has 0 saturated carbocycles. The predicted molar refractivity (Wildman–Crippen MR) is 54.3 cm³/mol. The number of nitrogens with zero attached hydrogens (tertiary/aromatic N) is 2. The van der Waals surface area contributed by atoms with Crippen molar-refractivity contribution in [1.29, 1.82) is 5.26 Å². The average molecular weight is 359 g/mol. The van der Waals surface area contributed by atoms with Crippen molar-refractivity contribution in [3.8, 4) is 6.07 Å². The van der Waals surface area contributed by atoms with E-state index in [4.69, 9.17) is 5.26 Å². The van der Waals surface area contributed by atoms with Crippen LogP contribution in [0.1, 0.15) is 17.6 Å². The molecule has 1 aromatic rings. The molecule has 6 heteroatoms. The Kier molecular flexibility index (Phi) is 3.55. The van der Waals surface area contributed by atoms with Crippen molar-refractivity contribution in [2.24, 2.45) is 0 Å². The van der Waals surface area contributed by atoms with Gasteiger partial charge in [0, 0.05) is 5.56 Å². The number of rotatable bonds is 1. The molecule has 0 atom stereocenters. The van der Waals surface area contributed by atoms with Crippen LogP contribution < -0.4 is 0 Å². The molecule has 0 amide bonds. The predicted octanol–water partition coefficient (Wildman–Crippen LogP) is 3.26. The molecule has 0 aliphatic rings. The van der Waals surface area contributed by atoms with Gasteiger partial charge < -0.3 is 0 Å². The molecule has 0 aliphatic heterocycles. The first-order valence-corrected chi connectivity index (χ1v) is 4.97. The SMILES string of the molecule is N#Cc1c(C(F)F)cc(Br)nc1I. The average Bonchev–Trinajstić information content (AvgIpc) is 2.02. The largest absolute Gasteiger partial charge is 0.265 e. The van der Waals surface area contributed by atoms with Crippen LogP contribution in [0.3, 0.4) is 0 Å². The number of hydrogen-bond acceptors (Lipinski definition) is 2. The van der Waals surface area contributed by atoms with Gasteiger partial charge >= 0.3 is 0 Å². The number of pyridine rings is 1. The van der Waals surface area contributed by atoms with Crippen molar-refractivity contribution < 1.29 is 8.78 Å². The van der Waals surface area contributed by atoms with Gasteiger partial charge in [0.15, 0.2) is 0 Å². The number of hydrogen-bond donors (Lipinski definition) is 0. The van der Waals surface area contributed by atoms with Gasteiger partial charge in [-0.1, -0.05) is 0 Å². The first-order chi connectivity index (χ1) is 6.06. The Morgan fingerprint density at radius 2 is 2.23 bits per heavy atom. The summed E-state index contributed by atoms with van der Waals surface area (Å²) >= 11 is 4.73. The zero-order valence-corrected chi connectivity index (χ0v) is 9.80. The maximum atomic E-state index is 12.4. The van der Waals surface area contributed by atoms with Crippen LogP contribution in [0.4, 0.5) is 8.78 Å².